The van der Waals surface area contributed by atoms with Crippen molar-refractivity contribution in [2.45, 2.75) is 20.1 Å². The van der Waals surface area contributed by atoms with E-state index in [9.17, 15) is 9.90 Å². The SMILES string of the molecule is CCc1ccc[n+](COC(=O)c2ccccc2O)c1. The van der Waals surface area contributed by atoms with Crippen molar-refractivity contribution in [1.29, 1.82) is 0 Å². The molecule has 0 fully saturated rings. The van der Waals surface area contributed by atoms with Gasteiger partial charge in [-0.25, -0.2) is 4.79 Å². The monoisotopic (exact) mass is 258 g/mol. The second-order valence-corrected chi connectivity index (χ2v) is 4.16. The third kappa shape index (κ3) is 3.31. The summed E-state index contributed by atoms with van der Waals surface area (Å²) in [5, 5.41) is 9.55. The molecule has 0 aliphatic heterocycles. The number of ether oxygens (including phenoxy) is 1. The van der Waals surface area contributed by atoms with E-state index in [0.29, 0.717) is 0 Å². The lowest BCUT2D eigenvalue weighted by Gasteiger charge is -2.04. The fourth-order valence-corrected chi connectivity index (χ4v) is 1.72. The molecular formula is C15H16NO3+. The van der Waals surface area contributed by atoms with Gasteiger partial charge >= 0.3 is 5.97 Å². The van der Waals surface area contributed by atoms with Gasteiger partial charge in [-0.15, -0.1) is 0 Å². The second-order valence-electron chi connectivity index (χ2n) is 4.16. The van der Waals surface area contributed by atoms with E-state index in [1.54, 1.807) is 16.7 Å². The quantitative estimate of drug-likeness (QED) is 0.674. The Morgan fingerprint density at radius 3 is 2.79 bits per heavy atom. The number of pyridine rings is 1. The van der Waals surface area contributed by atoms with Crippen molar-refractivity contribution in [2.75, 3.05) is 0 Å². The van der Waals surface area contributed by atoms with E-state index in [4.69, 9.17) is 4.74 Å². The number of aromatic hydroxyl groups is 1. The van der Waals surface area contributed by atoms with Crippen LogP contribution in [-0.4, -0.2) is 11.1 Å². The molecule has 2 rings (SSSR count). The van der Waals surface area contributed by atoms with Gasteiger partial charge in [0.05, 0.1) is 0 Å². The molecule has 0 saturated heterocycles. The topological polar surface area (TPSA) is 50.4 Å². The predicted octanol–water partition coefficient (Wildman–Crippen LogP) is 2.06. The molecule has 2 aromatic rings. The third-order valence-electron chi connectivity index (χ3n) is 2.80. The number of para-hydroxylation sites is 1. The summed E-state index contributed by atoms with van der Waals surface area (Å²) in [7, 11) is 0. The Morgan fingerprint density at radius 2 is 2.05 bits per heavy atom. The zero-order valence-electron chi connectivity index (χ0n) is 10.7. The minimum atomic E-state index is -0.535. The summed E-state index contributed by atoms with van der Waals surface area (Å²) < 4.78 is 6.95. The van der Waals surface area contributed by atoms with Gasteiger partial charge in [-0.05, 0) is 24.6 Å². The van der Waals surface area contributed by atoms with Crippen LogP contribution in [0, 0.1) is 0 Å². The molecule has 0 spiro atoms. The van der Waals surface area contributed by atoms with Gasteiger partial charge in [0.2, 0.25) is 0 Å². The number of benzene rings is 1. The normalized spacial score (nSPS) is 10.2. The molecule has 0 bridgehead atoms. The van der Waals surface area contributed by atoms with Gasteiger partial charge in [0.1, 0.15) is 11.3 Å². The molecule has 0 amide bonds. The molecule has 0 unspecified atom stereocenters. The number of esters is 1. The van der Waals surface area contributed by atoms with Crippen molar-refractivity contribution in [3.05, 3.63) is 59.9 Å². The second kappa shape index (κ2) is 6.00. The zero-order valence-corrected chi connectivity index (χ0v) is 10.7. The molecule has 98 valence electrons. The van der Waals surface area contributed by atoms with Crippen LogP contribution < -0.4 is 4.57 Å². The van der Waals surface area contributed by atoms with Gasteiger partial charge in [-0.2, -0.15) is 4.57 Å². The average molecular weight is 258 g/mol. The lowest BCUT2D eigenvalue weighted by molar-refractivity contribution is -0.727. The van der Waals surface area contributed by atoms with E-state index in [0.717, 1.165) is 6.42 Å². The minimum Gasteiger partial charge on any atom is -0.507 e. The molecule has 1 heterocycles. The predicted molar refractivity (Wildman–Crippen MR) is 69.5 cm³/mol. The Bertz CT molecular complexity index is 581. The first-order chi connectivity index (χ1) is 9.20. The van der Waals surface area contributed by atoms with Crippen LogP contribution in [0.25, 0.3) is 0 Å². The number of carbonyl (C=O) groups is 1. The Kier molecular flexibility index (Phi) is 4.13. The number of aryl methyl sites for hydroxylation is 1. The molecule has 0 saturated carbocycles. The van der Waals surface area contributed by atoms with Gasteiger partial charge in [0, 0.05) is 11.6 Å². The fraction of sp³-hybridized carbons (Fsp3) is 0.200. The van der Waals surface area contributed by atoms with Crippen LogP contribution in [0.2, 0.25) is 0 Å². The highest BCUT2D eigenvalue weighted by molar-refractivity contribution is 5.92. The maximum Gasteiger partial charge on any atom is 0.346 e. The first kappa shape index (κ1) is 13.1. The summed E-state index contributed by atoms with van der Waals surface area (Å²) in [5.74, 6) is -0.604. The summed E-state index contributed by atoms with van der Waals surface area (Å²) in [6.45, 7) is 2.19. The van der Waals surface area contributed by atoms with Gasteiger partial charge in [0.25, 0.3) is 6.73 Å². The standard InChI is InChI=1S/C15H15NO3/c1-2-12-6-5-9-16(10-12)11-19-15(18)13-7-3-4-8-14(13)17/h3-10H,2,11H2,1H3/p+1. The molecule has 1 N–H and O–H groups in total. The van der Waals surface area contributed by atoms with Crippen LogP contribution >= 0.6 is 0 Å². The Morgan fingerprint density at radius 1 is 1.26 bits per heavy atom. The summed E-state index contributed by atoms with van der Waals surface area (Å²) in [6.07, 6.45) is 4.68. The molecule has 19 heavy (non-hydrogen) atoms. The van der Waals surface area contributed by atoms with Crippen LogP contribution in [-0.2, 0) is 17.9 Å². The van der Waals surface area contributed by atoms with Gasteiger partial charge in [-0.1, -0.05) is 19.1 Å². The largest absolute Gasteiger partial charge is 0.507 e. The highest BCUT2D eigenvalue weighted by atomic mass is 16.5. The Labute approximate surface area is 111 Å². The zero-order chi connectivity index (χ0) is 13.7. The van der Waals surface area contributed by atoms with Crippen molar-refractivity contribution in [1.82, 2.24) is 0 Å². The maximum absolute atomic E-state index is 11.8. The van der Waals surface area contributed by atoms with Crippen LogP contribution in [0.1, 0.15) is 22.8 Å². The van der Waals surface area contributed by atoms with Crippen molar-refractivity contribution in [3.8, 4) is 5.75 Å². The molecule has 1 aromatic heterocycles. The number of hydrogen-bond donors (Lipinski definition) is 1. The van der Waals surface area contributed by atoms with E-state index in [-0.39, 0.29) is 18.0 Å². The lowest BCUT2D eigenvalue weighted by atomic mass is 10.2. The molecule has 4 nitrogen and oxygen atoms in total. The number of nitrogens with zero attached hydrogens (tertiary/aromatic N) is 1. The Hall–Kier alpha value is -2.36. The number of phenolic OH excluding ortho intramolecular Hbond substituents is 1. The maximum atomic E-state index is 11.8. The van der Waals surface area contributed by atoms with Gasteiger partial charge < -0.3 is 9.84 Å². The highest BCUT2D eigenvalue weighted by Crippen LogP contribution is 2.16. The number of carbonyl (C=O) groups excluding carboxylic acids is 1. The number of aromatic nitrogens is 1. The molecule has 0 radical (unpaired) electrons. The first-order valence-corrected chi connectivity index (χ1v) is 6.14. The molecular weight excluding hydrogens is 242 g/mol. The number of phenols is 1. The summed E-state index contributed by atoms with van der Waals surface area (Å²) >= 11 is 0. The van der Waals surface area contributed by atoms with Crippen molar-refractivity contribution < 1.29 is 19.2 Å². The van der Waals surface area contributed by atoms with E-state index in [1.165, 1.54) is 17.7 Å². The van der Waals surface area contributed by atoms with Crippen molar-refractivity contribution in [3.63, 3.8) is 0 Å². The molecule has 0 aliphatic carbocycles. The molecule has 1 aromatic carbocycles. The van der Waals surface area contributed by atoms with Gasteiger partial charge in [-0.3, -0.25) is 0 Å². The third-order valence-corrected chi connectivity index (χ3v) is 2.80. The fourth-order valence-electron chi connectivity index (χ4n) is 1.72. The van der Waals surface area contributed by atoms with Crippen molar-refractivity contribution >= 4 is 5.97 Å². The van der Waals surface area contributed by atoms with Crippen molar-refractivity contribution in [2.24, 2.45) is 0 Å². The first-order valence-electron chi connectivity index (χ1n) is 6.14. The van der Waals surface area contributed by atoms with E-state index in [1.807, 2.05) is 24.5 Å². The van der Waals surface area contributed by atoms with Crippen LogP contribution in [0.15, 0.2) is 48.8 Å². The lowest BCUT2D eigenvalue weighted by Crippen LogP contribution is -2.35. The van der Waals surface area contributed by atoms with E-state index in [2.05, 4.69) is 6.92 Å². The number of hydrogen-bond acceptors (Lipinski definition) is 3. The molecule has 0 aliphatic rings. The molecule has 4 heteroatoms. The summed E-state index contributed by atoms with van der Waals surface area (Å²) in [4.78, 5) is 11.8. The van der Waals surface area contributed by atoms with E-state index < -0.39 is 5.97 Å². The molecule has 0 atom stereocenters. The summed E-state index contributed by atoms with van der Waals surface area (Å²) in [5.41, 5.74) is 1.34. The van der Waals surface area contributed by atoms with Gasteiger partial charge in [0.15, 0.2) is 12.4 Å². The minimum absolute atomic E-state index is 0.0696. The van der Waals surface area contributed by atoms with Crippen LogP contribution in [0.5, 0.6) is 5.75 Å². The van der Waals surface area contributed by atoms with E-state index >= 15 is 0 Å². The Balaban J connectivity index is 2.02. The smallest absolute Gasteiger partial charge is 0.346 e. The van der Waals surface area contributed by atoms with Crippen LogP contribution in [0.4, 0.5) is 0 Å². The number of rotatable bonds is 4. The average Bonchev–Trinajstić information content (AvgIpc) is 2.45. The van der Waals surface area contributed by atoms with Crippen LogP contribution in [0.3, 0.4) is 0 Å². The summed E-state index contributed by atoms with van der Waals surface area (Å²) in [6, 6.07) is 10.3. The highest BCUT2D eigenvalue weighted by Gasteiger charge is 2.13.